The van der Waals surface area contributed by atoms with Gasteiger partial charge in [-0.15, -0.1) is 0 Å². The van der Waals surface area contributed by atoms with Gasteiger partial charge in [0, 0.05) is 13.1 Å². The minimum Gasteiger partial charge on any atom is -0.382 e. The van der Waals surface area contributed by atoms with Gasteiger partial charge in [0.2, 0.25) is 0 Å². The molecule has 0 aromatic carbocycles. The Morgan fingerprint density at radius 2 is 2.29 bits per heavy atom. The van der Waals surface area contributed by atoms with E-state index in [1.54, 1.807) is 0 Å². The second-order valence-corrected chi connectivity index (χ2v) is 8.37. The van der Waals surface area contributed by atoms with Crippen LogP contribution in [0.2, 0.25) is 0 Å². The maximum atomic E-state index is 12.1. The van der Waals surface area contributed by atoms with Crippen molar-refractivity contribution in [3.63, 3.8) is 0 Å². The van der Waals surface area contributed by atoms with Crippen LogP contribution in [0.1, 0.15) is 29.4 Å². The van der Waals surface area contributed by atoms with Crippen molar-refractivity contribution in [1.82, 2.24) is 10.3 Å². The third-order valence-electron chi connectivity index (χ3n) is 3.26. The van der Waals surface area contributed by atoms with Gasteiger partial charge >= 0.3 is 0 Å². The Bertz CT molecular complexity index is 612. The van der Waals surface area contributed by atoms with Crippen LogP contribution in [-0.2, 0) is 9.84 Å². The van der Waals surface area contributed by atoms with Crippen LogP contribution < -0.4 is 16.4 Å². The lowest BCUT2D eigenvalue weighted by molar-refractivity contribution is 0.0953. The summed E-state index contributed by atoms with van der Waals surface area (Å²) in [6, 6.07) is 0. The summed E-state index contributed by atoms with van der Waals surface area (Å²) in [6.45, 7) is 3.16. The van der Waals surface area contributed by atoms with E-state index in [1.807, 2.05) is 6.92 Å². The highest BCUT2D eigenvalue weighted by molar-refractivity contribution is 7.91. The second-order valence-electron chi connectivity index (χ2n) is 5.14. The minimum absolute atomic E-state index is 0.00853. The van der Waals surface area contributed by atoms with Gasteiger partial charge in [-0.05, 0) is 18.8 Å². The molecule has 118 valence electrons. The van der Waals surface area contributed by atoms with Crippen LogP contribution in [0.15, 0.2) is 0 Å². The molecule has 1 saturated heterocycles. The highest BCUT2D eigenvalue weighted by Gasteiger charge is 2.28. The van der Waals surface area contributed by atoms with Crippen molar-refractivity contribution in [2.24, 2.45) is 5.92 Å². The number of hydrogen-bond donors (Lipinski definition) is 3. The number of nitrogens with two attached hydrogens (primary N) is 1. The zero-order valence-corrected chi connectivity index (χ0v) is 13.5. The van der Waals surface area contributed by atoms with Gasteiger partial charge in [0.25, 0.3) is 5.91 Å². The van der Waals surface area contributed by atoms with E-state index in [0.717, 1.165) is 13.0 Å². The van der Waals surface area contributed by atoms with Crippen LogP contribution in [0.3, 0.4) is 0 Å². The number of anilines is 2. The summed E-state index contributed by atoms with van der Waals surface area (Å²) >= 11 is 1.21. The number of nitrogens with zero attached hydrogens (tertiary/aromatic N) is 1. The maximum absolute atomic E-state index is 12.1. The van der Waals surface area contributed by atoms with E-state index in [9.17, 15) is 13.2 Å². The average molecular weight is 332 g/mol. The van der Waals surface area contributed by atoms with Crippen LogP contribution in [0, 0.1) is 5.92 Å². The highest BCUT2D eigenvalue weighted by atomic mass is 32.2. The summed E-state index contributed by atoms with van der Waals surface area (Å²) in [6.07, 6.45) is 1.56. The fourth-order valence-electron chi connectivity index (χ4n) is 2.15. The van der Waals surface area contributed by atoms with Crippen molar-refractivity contribution in [3.05, 3.63) is 4.88 Å². The lowest BCUT2D eigenvalue weighted by Crippen LogP contribution is -2.29. The summed E-state index contributed by atoms with van der Waals surface area (Å²) in [5.41, 5.74) is 5.74. The van der Waals surface area contributed by atoms with Crippen LogP contribution in [0.5, 0.6) is 0 Å². The molecular formula is C12H20N4O3S2. The lowest BCUT2D eigenvalue weighted by atomic mass is 10.1. The Balaban J connectivity index is 1.90. The van der Waals surface area contributed by atoms with Gasteiger partial charge < -0.3 is 16.4 Å². The van der Waals surface area contributed by atoms with E-state index < -0.39 is 9.84 Å². The van der Waals surface area contributed by atoms with Gasteiger partial charge in [0.1, 0.15) is 10.7 Å². The van der Waals surface area contributed by atoms with Crippen molar-refractivity contribution in [1.29, 1.82) is 0 Å². The molecule has 0 radical (unpaired) electrons. The molecule has 0 aliphatic carbocycles. The number of sulfone groups is 1. The van der Waals surface area contributed by atoms with Gasteiger partial charge in [0.05, 0.1) is 11.5 Å². The molecule has 1 aromatic heterocycles. The minimum atomic E-state index is -2.92. The molecule has 2 heterocycles. The van der Waals surface area contributed by atoms with Gasteiger partial charge in [-0.2, -0.15) is 0 Å². The van der Waals surface area contributed by atoms with Crippen molar-refractivity contribution in [3.8, 4) is 0 Å². The van der Waals surface area contributed by atoms with E-state index in [2.05, 4.69) is 15.6 Å². The third-order valence-corrected chi connectivity index (χ3v) is 6.13. The third kappa shape index (κ3) is 4.31. The summed E-state index contributed by atoms with van der Waals surface area (Å²) in [4.78, 5) is 16.5. The van der Waals surface area contributed by atoms with E-state index in [4.69, 9.17) is 5.73 Å². The normalized spacial score (nSPS) is 20.3. The molecular weight excluding hydrogens is 312 g/mol. The molecule has 1 unspecified atom stereocenters. The molecule has 1 amide bonds. The quantitative estimate of drug-likeness (QED) is 0.707. The molecule has 1 aromatic rings. The monoisotopic (exact) mass is 332 g/mol. The maximum Gasteiger partial charge on any atom is 0.265 e. The van der Waals surface area contributed by atoms with Crippen LogP contribution in [-0.4, -0.2) is 43.9 Å². The predicted octanol–water partition coefficient (Wildman–Crippen LogP) is 0.712. The van der Waals surface area contributed by atoms with Gasteiger partial charge in [-0.3, -0.25) is 4.79 Å². The molecule has 0 bridgehead atoms. The van der Waals surface area contributed by atoms with E-state index in [0.29, 0.717) is 23.0 Å². The Hall–Kier alpha value is -1.35. The fraction of sp³-hybridized carbons (Fsp3) is 0.667. The average Bonchev–Trinajstić information content (AvgIpc) is 2.96. The van der Waals surface area contributed by atoms with Crippen LogP contribution >= 0.6 is 11.3 Å². The Morgan fingerprint density at radius 1 is 1.52 bits per heavy atom. The zero-order valence-electron chi connectivity index (χ0n) is 11.9. The van der Waals surface area contributed by atoms with Crippen molar-refractivity contribution in [2.45, 2.75) is 19.8 Å². The molecule has 1 atom stereocenters. The molecule has 1 aliphatic heterocycles. The van der Waals surface area contributed by atoms with E-state index in [1.165, 1.54) is 11.3 Å². The summed E-state index contributed by atoms with van der Waals surface area (Å²) in [5.74, 6) is 0.260. The summed E-state index contributed by atoms with van der Waals surface area (Å²) < 4.78 is 22.7. The Kier molecular flexibility index (Phi) is 5.04. The number of rotatable bonds is 6. The van der Waals surface area contributed by atoms with E-state index in [-0.39, 0.29) is 29.1 Å². The Labute approximate surface area is 128 Å². The van der Waals surface area contributed by atoms with Crippen LogP contribution in [0.25, 0.3) is 0 Å². The first-order chi connectivity index (χ1) is 9.91. The molecule has 9 heteroatoms. The number of carbonyl (C=O) groups excluding carboxylic acids is 1. The number of aromatic nitrogens is 1. The van der Waals surface area contributed by atoms with E-state index >= 15 is 0 Å². The first-order valence-corrected chi connectivity index (χ1v) is 9.54. The first kappa shape index (κ1) is 16.0. The molecule has 1 fully saturated rings. The fourth-order valence-corrected chi connectivity index (χ4v) is 4.84. The Morgan fingerprint density at radius 3 is 2.90 bits per heavy atom. The first-order valence-electron chi connectivity index (χ1n) is 6.90. The SMILES string of the molecule is CCCNc1nc(N)c(C(=O)NCC2CCS(=O)(=O)C2)s1. The molecule has 2 rings (SSSR count). The molecule has 1 aliphatic rings. The predicted molar refractivity (Wildman–Crippen MR) is 84.4 cm³/mol. The number of carbonyl (C=O) groups is 1. The van der Waals surface area contributed by atoms with Gasteiger partial charge in [-0.1, -0.05) is 18.3 Å². The number of nitrogen functional groups attached to an aromatic ring is 1. The van der Waals surface area contributed by atoms with Gasteiger partial charge in [-0.25, -0.2) is 13.4 Å². The number of hydrogen-bond acceptors (Lipinski definition) is 7. The molecule has 0 saturated carbocycles. The van der Waals surface area contributed by atoms with Gasteiger partial charge in [0.15, 0.2) is 15.0 Å². The zero-order chi connectivity index (χ0) is 15.5. The lowest BCUT2D eigenvalue weighted by Gasteiger charge is -2.08. The van der Waals surface area contributed by atoms with Crippen molar-refractivity contribution < 1.29 is 13.2 Å². The highest BCUT2D eigenvalue weighted by Crippen LogP contribution is 2.25. The molecule has 7 nitrogen and oxygen atoms in total. The number of amides is 1. The second kappa shape index (κ2) is 6.61. The van der Waals surface area contributed by atoms with Crippen LogP contribution in [0.4, 0.5) is 10.9 Å². The topological polar surface area (TPSA) is 114 Å². The smallest absolute Gasteiger partial charge is 0.265 e. The number of thiazole rings is 1. The summed E-state index contributed by atoms with van der Waals surface area (Å²) in [5, 5.41) is 6.46. The summed E-state index contributed by atoms with van der Waals surface area (Å²) in [7, 11) is -2.92. The number of nitrogens with one attached hydrogen (secondary N) is 2. The standard InChI is InChI=1S/C12H20N4O3S2/c1-2-4-14-12-16-10(13)9(20-12)11(17)15-6-8-3-5-21(18,19)7-8/h8H,2-7,13H2,1H3,(H,14,16)(H,15,17). The molecule has 4 N–H and O–H groups in total. The molecule has 21 heavy (non-hydrogen) atoms. The van der Waals surface area contributed by atoms with Crippen molar-refractivity contribution in [2.75, 3.05) is 35.6 Å². The largest absolute Gasteiger partial charge is 0.382 e. The molecule has 0 spiro atoms. The van der Waals surface area contributed by atoms with Crippen molar-refractivity contribution >= 4 is 38.0 Å².